The van der Waals surface area contributed by atoms with Crippen molar-refractivity contribution < 1.29 is 14.5 Å². The van der Waals surface area contributed by atoms with Gasteiger partial charge < -0.3 is 5.11 Å². The first-order chi connectivity index (χ1) is 12.2. The summed E-state index contributed by atoms with van der Waals surface area (Å²) in [7, 11) is 0. The maximum absolute atomic E-state index is 11.9. The molecule has 1 aromatic heterocycles. The summed E-state index contributed by atoms with van der Waals surface area (Å²) in [6.07, 6.45) is 13.1. The van der Waals surface area contributed by atoms with Crippen molar-refractivity contribution in [2.75, 3.05) is 0 Å². The van der Waals surface area contributed by atoms with Gasteiger partial charge in [-0.05, 0) is 6.42 Å². The molecule has 3 heteroatoms. The van der Waals surface area contributed by atoms with E-state index in [0.717, 1.165) is 24.1 Å². The first kappa shape index (κ1) is 19.2. The topological polar surface area (TPSA) is 41.2 Å². The molecule has 3 nitrogen and oxygen atoms in total. The van der Waals surface area contributed by atoms with Crippen molar-refractivity contribution in [3.8, 4) is 5.69 Å². The summed E-state index contributed by atoms with van der Waals surface area (Å²) in [6, 6.07) is 13.7. The van der Waals surface area contributed by atoms with E-state index in [9.17, 15) is 9.90 Å². The monoisotopic (exact) mass is 340 g/mol. The highest BCUT2D eigenvalue weighted by Crippen LogP contribution is 2.26. The molecule has 0 aliphatic heterocycles. The van der Waals surface area contributed by atoms with Crippen molar-refractivity contribution >= 4 is 5.97 Å². The average Bonchev–Trinajstić information content (AvgIpc) is 2.64. The summed E-state index contributed by atoms with van der Waals surface area (Å²) in [5.41, 5.74) is 1.86. The molecule has 0 spiro atoms. The molecule has 1 unspecified atom stereocenters. The van der Waals surface area contributed by atoms with E-state index in [-0.39, 0.29) is 0 Å². The van der Waals surface area contributed by atoms with Gasteiger partial charge in [-0.2, -0.15) is 4.57 Å². The number of hydrogen-bond acceptors (Lipinski definition) is 1. The van der Waals surface area contributed by atoms with Gasteiger partial charge in [-0.15, -0.1) is 0 Å². The number of aliphatic carboxylic acids is 1. The van der Waals surface area contributed by atoms with E-state index in [4.69, 9.17) is 0 Å². The predicted molar refractivity (Wildman–Crippen MR) is 101 cm³/mol. The molecule has 1 aromatic carbocycles. The fraction of sp³-hybridized carbons (Fsp3) is 0.455. The number of benzene rings is 1. The molecule has 134 valence electrons. The Balaban J connectivity index is 2.02. The Kier molecular flexibility index (Phi) is 8.17. The van der Waals surface area contributed by atoms with Crippen molar-refractivity contribution in [1.29, 1.82) is 0 Å². The molecule has 2 aromatic rings. The SMILES string of the molecule is CCCCCCCCCC(C(=O)O)c1ccccc1-[n+]1ccccc1. The minimum absolute atomic E-state index is 0.445. The van der Waals surface area contributed by atoms with Crippen LogP contribution >= 0.6 is 0 Å². The third-order valence-corrected chi connectivity index (χ3v) is 4.70. The number of pyridine rings is 1. The van der Waals surface area contributed by atoms with Crippen molar-refractivity contribution in [3.63, 3.8) is 0 Å². The number of rotatable bonds is 11. The Hall–Kier alpha value is -2.16. The minimum atomic E-state index is -0.727. The Labute approximate surface area is 151 Å². The van der Waals surface area contributed by atoms with Crippen molar-refractivity contribution in [2.24, 2.45) is 0 Å². The zero-order chi connectivity index (χ0) is 17.9. The molecular weight excluding hydrogens is 310 g/mol. The lowest BCUT2D eigenvalue weighted by Crippen LogP contribution is -2.32. The van der Waals surface area contributed by atoms with Gasteiger partial charge >= 0.3 is 5.97 Å². The van der Waals surface area contributed by atoms with Crippen LogP contribution in [0.1, 0.15) is 69.8 Å². The Bertz CT molecular complexity index is 639. The van der Waals surface area contributed by atoms with Crippen molar-refractivity contribution in [1.82, 2.24) is 0 Å². The van der Waals surface area contributed by atoms with E-state index < -0.39 is 11.9 Å². The minimum Gasteiger partial charge on any atom is -0.481 e. The zero-order valence-corrected chi connectivity index (χ0v) is 15.2. The van der Waals surface area contributed by atoms with Gasteiger partial charge in [0.2, 0.25) is 5.69 Å². The highest BCUT2D eigenvalue weighted by molar-refractivity contribution is 5.77. The molecule has 0 radical (unpaired) electrons. The molecule has 1 heterocycles. The summed E-state index contributed by atoms with van der Waals surface area (Å²) in [6.45, 7) is 2.22. The van der Waals surface area contributed by atoms with E-state index in [2.05, 4.69) is 6.92 Å². The number of para-hydroxylation sites is 1. The number of aromatic nitrogens is 1. The van der Waals surface area contributed by atoms with Crippen LogP contribution in [-0.4, -0.2) is 11.1 Å². The van der Waals surface area contributed by atoms with Crippen LogP contribution in [-0.2, 0) is 4.79 Å². The third kappa shape index (κ3) is 6.00. The van der Waals surface area contributed by atoms with Crippen LogP contribution in [0.25, 0.3) is 5.69 Å². The van der Waals surface area contributed by atoms with E-state index in [1.165, 1.54) is 32.1 Å². The van der Waals surface area contributed by atoms with Gasteiger partial charge in [-0.25, -0.2) is 0 Å². The van der Waals surface area contributed by atoms with Crippen LogP contribution in [0.3, 0.4) is 0 Å². The number of nitrogens with zero attached hydrogens (tertiary/aromatic N) is 1. The molecule has 1 N–H and O–H groups in total. The summed E-state index contributed by atoms with van der Waals surface area (Å²) < 4.78 is 2.00. The van der Waals surface area contributed by atoms with Gasteiger partial charge in [0.25, 0.3) is 0 Å². The molecule has 0 saturated heterocycles. The van der Waals surface area contributed by atoms with Crippen LogP contribution in [0.5, 0.6) is 0 Å². The lowest BCUT2D eigenvalue weighted by molar-refractivity contribution is -0.596. The molecule has 0 amide bonds. The van der Waals surface area contributed by atoms with E-state index in [0.29, 0.717) is 6.42 Å². The second-order valence-electron chi connectivity index (χ2n) is 6.64. The maximum Gasteiger partial charge on any atom is 0.311 e. The number of carboxylic acids is 1. The van der Waals surface area contributed by atoms with E-state index in [1.807, 2.05) is 59.4 Å². The van der Waals surface area contributed by atoms with Crippen LogP contribution < -0.4 is 4.57 Å². The third-order valence-electron chi connectivity index (χ3n) is 4.70. The first-order valence-corrected chi connectivity index (χ1v) is 9.52. The molecule has 2 rings (SSSR count). The largest absolute Gasteiger partial charge is 0.481 e. The molecule has 0 bridgehead atoms. The summed E-state index contributed by atoms with van der Waals surface area (Å²) in [5, 5.41) is 9.76. The maximum atomic E-state index is 11.9. The highest BCUT2D eigenvalue weighted by atomic mass is 16.4. The second-order valence-corrected chi connectivity index (χ2v) is 6.64. The molecule has 0 fully saturated rings. The predicted octanol–water partition coefficient (Wildman–Crippen LogP) is 5.27. The Morgan fingerprint density at radius 3 is 2.24 bits per heavy atom. The lowest BCUT2D eigenvalue weighted by atomic mass is 9.91. The van der Waals surface area contributed by atoms with E-state index in [1.54, 1.807) is 0 Å². The first-order valence-electron chi connectivity index (χ1n) is 9.52. The summed E-state index contributed by atoms with van der Waals surface area (Å²) in [4.78, 5) is 11.9. The van der Waals surface area contributed by atoms with Crippen LogP contribution in [0, 0.1) is 0 Å². The van der Waals surface area contributed by atoms with Gasteiger partial charge in [0.1, 0.15) is 0 Å². The Morgan fingerprint density at radius 2 is 1.56 bits per heavy atom. The fourth-order valence-electron chi connectivity index (χ4n) is 3.29. The summed E-state index contributed by atoms with van der Waals surface area (Å²) >= 11 is 0. The Morgan fingerprint density at radius 1 is 0.920 bits per heavy atom. The number of unbranched alkanes of at least 4 members (excludes halogenated alkanes) is 6. The van der Waals surface area contributed by atoms with E-state index >= 15 is 0 Å². The van der Waals surface area contributed by atoms with Crippen molar-refractivity contribution in [2.45, 2.75) is 64.2 Å². The lowest BCUT2D eigenvalue weighted by Gasteiger charge is -2.14. The highest BCUT2D eigenvalue weighted by Gasteiger charge is 2.25. The van der Waals surface area contributed by atoms with Gasteiger partial charge in [0, 0.05) is 23.8 Å². The van der Waals surface area contributed by atoms with Crippen molar-refractivity contribution in [3.05, 3.63) is 60.4 Å². The van der Waals surface area contributed by atoms with Gasteiger partial charge in [-0.1, -0.05) is 76.1 Å². The average molecular weight is 340 g/mol. The normalized spacial score (nSPS) is 12.0. The van der Waals surface area contributed by atoms with Crippen LogP contribution in [0.15, 0.2) is 54.9 Å². The van der Waals surface area contributed by atoms with Crippen LogP contribution in [0.2, 0.25) is 0 Å². The number of carbonyl (C=O) groups is 1. The summed E-state index contributed by atoms with van der Waals surface area (Å²) in [5.74, 6) is -1.17. The molecule has 0 aliphatic carbocycles. The van der Waals surface area contributed by atoms with Crippen LogP contribution in [0.4, 0.5) is 0 Å². The second kappa shape index (κ2) is 10.7. The smallest absolute Gasteiger partial charge is 0.311 e. The quantitative estimate of drug-likeness (QED) is 0.447. The van der Waals surface area contributed by atoms with Gasteiger partial charge in [0.05, 0.1) is 5.92 Å². The molecule has 1 atom stereocenters. The number of carboxylic acid groups (broad SMARTS) is 1. The number of hydrogen-bond donors (Lipinski definition) is 1. The van der Waals surface area contributed by atoms with Gasteiger partial charge in [-0.3, -0.25) is 4.79 Å². The molecule has 0 aliphatic rings. The molecular formula is C22H30NO2+. The molecule has 0 saturated carbocycles. The zero-order valence-electron chi connectivity index (χ0n) is 15.2. The molecule has 25 heavy (non-hydrogen) atoms. The fourth-order valence-corrected chi connectivity index (χ4v) is 3.29. The standard InChI is InChI=1S/C22H29NO2/c1-2-3-4-5-6-7-9-15-20(22(24)25)19-14-10-11-16-21(19)23-17-12-8-13-18-23/h8,10-14,16-18,20H,2-7,9,15H2,1H3/p+1. The van der Waals surface area contributed by atoms with Gasteiger partial charge in [0.15, 0.2) is 12.4 Å².